The Morgan fingerprint density at radius 1 is 1.40 bits per heavy atom. The van der Waals surface area contributed by atoms with E-state index in [1.54, 1.807) is 6.20 Å². The number of aryl methyl sites for hydroxylation is 1. The average Bonchev–Trinajstić information content (AvgIpc) is 2.95. The first-order valence-corrected chi connectivity index (χ1v) is 7.52. The zero-order valence-electron chi connectivity index (χ0n) is 12.8. The van der Waals surface area contributed by atoms with Gasteiger partial charge in [0.2, 0.25) is 5.78 Å². The standard InChI is InChI=1S/C15H25N3O2/c1-4-7-17-8-6-16-14(17)13(19)15(3,5-2)18-9-11-20-12-10-18/h6,8H,4-5,7,9-12H2,1-3H3. The molecule has 20 heavy (non-hydrogen) atoms. The molecule has 1 aromatic heterocycles. The van der Waals surface area contributed by atoms with Crippen molar-refractivity contribution in [2.24, 2.45) is 0 Å². The first-order chi connectivity index (χ1) is 9.63. The Balaban J connectivity index is 2.25. The van der Waals surface area contributed by atoms with Gasteiger partial charge in [-0.2, -0.15) is 0 Å². The van der Waals surface area contributed by atoms with Gasteiger partial charge in [0.05, 0.1) is 18.8 Å². The number of aromatic nitrogens is 2. The summed E-state index contributed by atoms with van der Waals surface area (Å²) in [5.74, 6) is 0.711. The maximum Gasteiger partial charge on any atom is 0.218 e. The largest absolute Gasteiger partial charge is 0.379 e. The van der Waals surface area contributed by atoms with E-state index in [0.29, 0.717) is 19.0 Å². The van der Waals surface area contributed by atoms with Gasteiger partial charge in [-0.3, -0.25) is 9.69 Å². The fraction of sp³-hybridized carbons (Fsp3) is 0.733. The van der Waals surface area contributed by atoms with Crippen LogP contribution in [0.4, 0.5) is 0 Å². The van der Waals surface area contributed by atoms with Gasteiger partial charge < -0.3 is 9.30 Å². The van der Waals surface area contributed by atoms with Crippen LogP contribution in [0, 0.1) is 0 Å². The summed E-state index contributed by atoms with van der Waals surface area (Å²) >= 11 is 0. The third-order valence-corrected chi connectivity index (χ3v) is 4.27. The van der Waals surface area contributed by atoms with Crippen LogP contribution in [0.25, 0.3) is 0 Å². The second kappa shape index (κ2) is 6.50. The molecule has 5 heteroatoms. The molecule has 0 saturated carbocycles. The minimum Gasteiger partial charge on any atom is -0.379 e. The van der Waals surface area contributed by atoms with Crippen molar-refractivity contribution >= 4 is 5.78 Å². The number of morpholine rings is 1. The summed E-state index contributed by atoms with van der Waals surface area (Å²) in [4.78, 5) is 19.5. The molecule has 1 fully saturated rings. The Bertz CT molecular complexity index is 452. The molecule has 1 aromatic rings. The van der Waals surface area contributed by atoms with Gasteiger partial charge in [0.25, 0.3) is 0 Å². The molecular formula is C15H25N3O2. The first kappa shape index (κ1) is 15.2. The highest BCUT2D eigenvalue weighted by Crippen LogP contribution is 2.25. The van der Waals surface area contributed by atoms with Gasteiger partial charge in [0, 0.05) is 32.0 Å². The molecule has 5 nitrogen and oxygen atoms in total. The van der Waals surface area contributed by atoms with Crippen molar-refractivity contribution in [1.29, 1.82) is 0 Å². The molecule has 1 unspecified atom stereocenters. The van der Waals surface area contributed by atoms with Crippen LogP contribution in [-0.4, -0.2) is 52.1 Å². The number of ether oxygens (including phenoxy) is 1. The molecule has 0 aliphatic carbocycles. The molecule has 1 aliphatic heterocycles. The quantitative estimate of drug-likeness (QED) is 0.747. The smallest absolute Gasteiger partial charge is 0.218 e. The van der Waals surface area contributed by atoms with Gasteiger partial charge in [-0.25, -0.2) is 4.98 Å². The van der Waals surface area contributed by atoms with Crippen molar-refractivity contribution in [3.63, 3.8) is 0 Å². The average molecular weight is 279 g/mol. The van der Waals surface area contributed by atoms with E-state index in [2.05, 4.69) is 23.7 Å². The monoisotopic (exact) mass is 279 g/mol. The minimum atomic E-state index is -0.485. The van der Waals surface area contributed by atoms with Gasteiger partial charge in [-0.15, -0.1) is 0 Å². The summed E-state index contributed by atoms with van der Waals surface area (Å²) in [6.07, 6.45) is 5.40. The fourth-order valence-electron chi connectivity index (χ4n) is 2.77. The van der Waals surface area contributed by atoms with E-state index >= 15 is 0 Å². The van der Waals surface area contributed by atoms with Crippen molar-refractivity contribution in [3.05, 3.63) is 18.2 Å². The van der Waals surface area contributed by atoms with E-state index in [4.69, 9.17) is 4.74 Å². The van der Waals surface area contributed by atoms with Gasteiger partial charge >= 0.3 is 0 Å². The lowest BCUT2D eigenvalue weighted by Gasteiger charge is -2.41. The number of Topliss-reactive ketones (excluding diaryl/α,β-unsaturated/α-hetero) is 1. The van der Waals surface area contributed by atoms with E-state index in [-0.39, 0.29) is 5.78 Å². The summed E-state index contributed by atoms with van der Waals surface area (Å²) in [6.45, 7) is 10.1. The molecule has 1 aliphatic rings. The number of ketones is 1. The van der Waals surface area contributed by atoms with Crippen LogP contribution in [0.1, 0.15) is 44.2 Å². The van der Waals surface area contributed by atoms with E-state index < -0.39 is 5.54 Å². The highest BCUT2D eigenvalue weighted by Gasteiger charge is 2.40. The Morgan fingerprint density at radius 3 is 2.70 bits per heavy atom. The highest BCUT2D eigenvalue weighted by molar-refractivity contribution is 6.00. The lowest BCUT2D eigenvalue weighted by atomic mass is 9.89. The predicted molar refractivity (Wildman–Crippen MR) is 77.9 cm³/mol. The highest BCUT2D eigenvalue weighted by atomic mass is 16.5. The minimum absolute atomic E-state index is 0.125. The van der Waals surface area contributed by atoms with Crippen LogP contribution in [0.15, 0.2) is 12.4 Å². The molecule has 2 rings (SSSR count). The Labute approximate surface area is 120 Å². The zero-order valence-corrected chi connectivity index (χ0v) is 12.8. The molecule has 0 N–H and O–H groups in total. The van der Waals surface area contributed by atoms with Crippen molar-refractivity contribution in [2.75, 3.05) is 26.3 Å². The molecule has 0 bridgehead atoms. The molecule has 0 aromatic carbocycles. The first-order valence-electron chi connectivity index (χ1n) is 7.52. The van der Waals surface area contributed by atoms with Gasteiger partial charge in [0.1, 0.15) is 0 Å². The summed E-state index contributed by atoms with van der Waals surface area (Å²) in [5, 5.41) is 0. The summed E-state index contributed by atoms with van der Waals surface area (Å²) in [6, 6.07) is 0. The number of carbonyl (C=O) groups excluding carboxylic acids is 1. The van der Waals surface area contributed by atoms with Crippen molar-refractivity contribution in [2.45, 2.75) is 45.7 Å². The fourth-order valence-corrected chi connectivity index (χ4v) is 2.77. The normalized spacial score (nSPS) is 19.8. The number of imidazole rings is 1. The maximum absolute atomic E-state index is 13.0. The number of carbonyl (C=O) groups is 1. The second-order valence-corrected chi connectivity index (χ2v) is 5.50. The molecule has 0 amide bonds. The van der Waals surface area contributed by atoms with E-state index in [1.807, 2.05) is 17.7 Å². The number of hydrogen-bond acceptors (Lipinski definition) is 4. The molecule has 2 heterocycles. The van der Waals surface area contributed by atoms with Crippen LogP contribution < -0.4 is 0 Å². The zero-order chi connectivity index (χ0) is 14.6. The van der Waals surface area contributed by atoms with E-state index in [0.717, 1.165) is 32.5 Å². The van der Waals surface area contributed by atoms with Gasteiger partial charge in [0.15, 0.2) is 5.82 Å². The second-order valence-electron chi connectivity index (χ2n) is 5.50. The molecule has 0 radical (unpaired) electrons. The summed E-state index contributed by atoms with van der Waals surface area (Å²) in [7, 11) is 0. The van der Waals surface area contributed by atoms with E-state index in [9.17, 15) is 4.79 Å². The van der Waals surface area contributed by atoms with Crippen LogP contribution in [0.2, 0.25) is 0 Å². The third kappa shape index (κ3) is 2.79. The summed E-state index contributed by atoms with van der Waals surface area (Å²) in [5.41, 5.74) is -0.485. The Kier molecular flexibility index (Phi) is 4.94. The lowest BCUT2D eigenvalue weighted by Crippen LogP contribution is -2.56. The Hall–Kier alpha value is -1.20. The molecular weight excluding hydrogens is 254 g/mol. The molecule has 112 valence electrons. The van der Waals surface area contributed by atoms with Crippen molar-refractivity contribution in [1.82, 2.24) is 14.5 Å². The third-order valence-electron chi connectivity index (χ3n) is 4.27. The summed E-state index contributed by atoms with van der Waals surface area (Å²) < 4.78 is 7.37. The van der Waals surface area contributed by atoms with Crippen molar-refractivity contribution in [3.8, 4) is 0 Å². The lowest BCUT2D eigenvalue weighted by molar-refractivity contribution is -0.0111. The molecule has 1 atom stereocenters. The van der Waals surface area contributed by atoms with Gasteiger partial charge in [-0.05, 0) is 19.8 Å². The van der Waals surface area contributed by atoms with Gasteiger partial charge in [-0.1, -0.05) is 13.8 Å². The van der Waals surface area contributed by atoms with Crippen molar-refractivity contribution < 1.29 is 9.53 Å². The van der Waals surface area contributed by atoms with Crippen LogP contribution >= 0.6 is 0 Å². The number of rotatable bonds is 6. The predicted octanol–water partition coefficient (Wildman–Crippen LogP) is 1.98. The maximum atomic E-state index is 13.0. The molecule has 0 spiro atoms. The van der Waals surface area contributed by atoms with Crippen LogP contribution in [0.3, 0.4) is 0 Å². The SMILES string of the molecule is CCCn1ccnc1C(=O)C(C)(CC)N1CCOCC1. The van der Waals surface area contributed by atoms with E-state index in [1.165, 1.54) is 0 Å². The van der Waals surface area contributed by atoms with Crippen LogP contribution in [0.5, 0.6) is 0 Å². The number of hydrogen-bond donors (Lipinski definition) is 0. The number of nitrogens with zero attached hydrogens (tertiary/aromatic N) is 3. The molecule has 1 saturated heterocycles. The van der Waals surface area contributed by atoms with Crippen LogP contribution in [-0.2, 0) is 11.3 Å². The Morgan fingerprint density at radius 2 is 2.10 bits per heavy atom. The topological polar surface area (TPSA) is 47.4 Å².